The number of nitrogens with two attached hydrogens (primary N) is 1. The first-order chi connectivity index (χ1) is 8.11. The van der Waals surface area contributed by atoms with E-state index in [4.69, 9.17) is 11.0 Å². The first kappa shape index (κ1) is 12.8. The van der Waals surface area contributed by atoms with Crippen LogP contribution >= 0.6 is 0 Å². The van der Waals surface area contributed by atoms with Crippen LogP contribution in [0.1, 0.15) is 18.1 Å². The Labute approximate surface area is 101 Å². The standard InChI is InChI=1S/C13H16N4/c1-10(2)8-16-13(15)17-9-12-5-3-4-11(6-12)7-14/h3-6H,1,8-9H2,2H3,(H3,15,16,17). The predicted octanol–water partition coefficient (Wildman–Crippen LogP) is 1.54. The van der Waals surface area contributed by atoms with E-state index < -0.39 is 0 Å². The number of nitrogens with zero attached hydrogens (tertiary/aromatic N) is 2. The largest absolute Gasteiger partial charge is 0.370 e. The number of aliphatic imine (C=N–C) groups is 1. The second-order valence-corrected chi connectivity index (χ2v) is 3.82. The number of rotatable bonds is 4. The molecule has 1 rings (SSSR count). The molecule has 88 valence electrons. The maximum atomic E-state index is 8.75. The van der Waals surface area contributed by atoms with Crippen molar-refractivity contribution in [1.82, 2.24) is 5.32 Å². The molecular formula is C13H16N4. The molecule has 0 radical (unpaired) electrons. The summed E-state index contributed by atoms with van der Waals surface area (Å²) in [4.78, 5) is 4.17. The number of nitriles is 1. The molecule has 0 aliphatic heterocycles. The summed E-state index contributed by atoms with van der Waals surface area (Å²) in [6.07, 6.45) is 0. The number of benzene rings is 1. The molecule has 17 heavy (non-hydrogen) atoms. The van der Waals surface area contributed by atoms with Crippen molar-refractivity contribution < 1.29 is 0 Å². The average Bonchev–Trinajstić information content (AvgIpc) is 2.34. The van der Waals surface area contributed by atoms with Crippen LogP contribution in [0.25, 0.3) is 0 Å². The third-order valence-electron chi connectivity index (χ3n) is 2.06. The normalized spacial score (nSPS) is 10.7. The van der Waals surface area contributed by atoms with Gasteiger partial charge in [-0.25, -0.2) is 4.99 Å². The quantitative estimate of drug-likeness (QED) is 0.466. The highest BCUT2D eigenvalue weighted by Crippen LogP contribution is 2.05. The second kappa shape index (κ2) is 6.33. The minimum Gasteiger partial charge on any atom is -0.370 e. The number of hydrogen-bond donors (Lipinski definition) is 2. The van der Waals surface area contributed by atoms with Crippen molar-refractivity contribution in [1.29, 1.82) is 5.26 Å². The summed E-state index contributed by atoms with van der Waals surface area (Å²) in [6.45, 7) is 6.75. The molecule has 4 nitrogen and oxygen atoms in total. The number of hydrogen-bond acceptors (Lipinski definition) is 2. The Morgan fingerprint density at radius 1 is 1.59 bits per heavy atom. The van der Waals surface area contributed by atoms with Gasteiger partial charge in [-0.05, 0) is 24.6 Å². The molecular weight excluding hydrogens is 212 g/mol. The fraction of sp³-hybridized carbons (Fsp3) is 0.231. The highest BCUT2D eigenvalue weighted by Gasteiger charge is 1.95. The van der Waals surface area contributed by atoms with E-state index in [2.05, 4.69) is 23.0 Å². The van der Waals surface area contributed by atoms with E-state index in [0.29, 0.717) is 24.6 Å². The minimum atomic E-state index is 0.385. The van der Waals surface area contributed by atoms with Gasteiger partial charge in [0.2, 0.25) is 0 Å². The Morgan fingerprint density at radius 2 is 2.35 bits per heavy atom. The SMILES string of the molecule is C=C(C)CNC(N)=NCc1cccc(C#N)c1. The zero-order valence-corrected chi connectivity index (χ0v) is 9.90. The topological polar surface area (TPSA) is 74.2 Å². The fourth-order valence-corrected chi connectivity index (χ4v) is 1.21. The highest BCUT2D eigenvalue weighted by molar-refractivity contribution is 5.78. The van der Waals surface area contributed by atoms with Crippen LogP contribution in [-0.2, 0) is 6.54 Å². The van der Waals surface area contributed by atoms with Crippen molar-refractivity contribution in [3.63, 3.8) is 0 Å². The molecule has 3 N–H and O–H groups in total. The van der Waals surface area contributed by atoms with E-state index in [9.17, 15) is 0 Å². The molecule has 0 fully saturated rings. The maximum absolute atomic E-state index is 8.75. The molecule has 0 unspecified atom stereocenters. The van der Waals surface area contributed by atoms with Crippen LogP contribution in [0.5, 0.6) is 0 Å². The Bertz CT molecular complexity index is 469. The van der Waals surface area contributed by atoms with Crippen LogP contribution < -0.4 is 11.1 Å². The van der Waals surface area contributed by atoms with E-state index >= 15 is 0 Å². The fourth-order valence-electron chi connectivity index (χ4n) is 1.21. The monoisotopic (exact) mass is 228 g/mol. The molecule has 0 heterocycles. The van der Waals surface area contributed by atoms with Crippen molar-refractivity contribution in [3.8, 4) is 6.07 Å². The summed E-state index contributed by atoms with van der Waals surface area (Å²) in [6, 6.07) is 9.40. The summed E-state index contributed by atoms with van der Waals surface area (Å²) in [7, 11) is 0. The lowest BCUT2D eigenvalue weighted by Crippen LogP contribution is -2.32. The smallest absolute Gasteiger partial charge is 0.189 e. The lowest BCUT2D eigenvalue weighted by Gasteiger charge is -2.04. The van der Waals surface area contributed by atoms with Crippen LogP contribution in [0.4, 0.5) is 0 Å². The van der Waals surface area contributed by atoms with Crippen molar-refractivity contribution in [2.24, 2.45) is 10.7 Å². The molecule has 0 aromatic heterocycles. The van der Waals surface area contributed by atoms with Gasteiger partial charge in [0, 0.05) is 6.54 Å². The summed E-state index contributed by atoms with van der Waals surface area (Å²) in [5.41, 5.74) is 8.26. The minimum absolute atomic E-state index is 0.385. The first-order valence-corrected chi connectivity index (χ1v) is 5.29. The van der Waals surface area contributed by atoms with Gasteiger partial charge in [-0.3, -0.25) is 0 Å². The number of guanidine groups is 1. The zero-order chi connectivity index (χ0) is 12.7. The Morgan fingerprint density at radius 3 is 3.00 bits per heavy atom. The van der Waals surface area contributed by atoms with Crippen molar-refractivity contribution >= 4 is 5.96 Å². The van der Waals surface area contributed by atoms with Crippen molar-refractivity contribution in [2.45, 2.75) is 13.5 Å². The van der Waals surface area contributed by atoms with Gasteiger partial charge >= 0.3 is 0 Å². The van der Waals surface area contributed by atoms with Gasteiger partial charge in [0.25, 0.3) is 0 Å². The van der Waals surface area contributed by atoms with E-state index in [0.717, 1.165) is 11.1 Å². The van der Waals surface area contributed by atoms with Gasteiger partial charge in [-0.2, -0.15) is 5.26 Å². The van der Waals surface area contributed by atoms with Crippen LogP contribution in [0.3, 0.4) is 0 Å². The van der Waals surface area contributed by atoms with Gasteiger partial charge in [-0.15, -0.1) is 0 Å². The Kier molecular flexibility index (Phi) is 4.77. The van der Waals surface area contributed by atoms with E-state index in [1.54, 1.807) is 12.1 Å². The Balaban J connectivity index is 2.56. The third-order valence-corrected chi connectivity index (χ3v) is 2.06. The molecule has 4 heteroatoms. The van der Waals surface area contributed by atoms with Gasteiger partial charge in [0.05, 0.1) is 18.2 Å². The summed E-state index contributed by atoms with van der Waals surface area (Å²) in [5, 5.41) is 11.7. The maximum Gasteiger partial charge on any atom is 0.189 e. The molecule has 0 atom stereocenters. The predicted molar refractivity (Wildman–Crippen MR) is 69.3 cm³/mol. The van der Waals surface area contributed by atoms with Crippen LogP contribution in [-0.4, -0.2) is 12.5 Å². The third kappa shape index (κ3) is 4.85. The molecule has 0 saturated carbocycles. The molecule has 1 aromatic rings. The first-order valence-electron chi connectivity index (χ1n) is 5.29. The second-order valence-electron chi connectivity index (χ2n) is 3.82. The lowest BCUT2D eigenvalue weighted by atomic mass is 10.1. The lowest BCUT2D eigenvalue weighted by molar-refractivity contribution is 0.940. The molecule has 0 aliphatic rings. The van der Waals surface area contributed by atoms with E-state index in [-0.39, 0.29) is 0 Å². The van der Waals surface area contributed by atoms with Gasteiger partial charge in [0.1, 0.15) is 0 Å². The summed E-state index contributed by atoms with van der Waals surface area (Å²) >= 11 is 0. The van der Waals surface area contributed by atoms with Crippen LogP contribution in [0.2, 0.25) is 0 Å². The molecule has 0 aliphatic carbocycles. The van der Waals surface area contributed by atoms with E-state index in [1.807, 2.05) is 19.1 Å². The van der Waals surface area contributed by atoms with Crippen LogP contribution in [0, 0.1) is 11.3 Å². The van der Waals surface area contributed by atoms with Crippen molar-refractivity contribution in [2.75, 3.05) is 6.54 Å². The van der Waals surface area contributed by atoms with Gasteiger partial charge in [-0.1, -0.05) is 24.3 Å². The van der Waals surface area contributed by atoms with Gasteiger partial charge in [0.15, 0.2) is 5.96 Å². The van der Waals surface area contributed by atoms with Crippen molar-refractivity contribution in [3.05, 3.63) is 47.5 Å². The Hall–Kier alpha value is -2.28. The average molecular weight is 228 g/mol. The van der Waals surface area contributed by atoms with E-state index in [1.165, 1.54) is 0 Å². The zero-order valence-electron chi connectivity index (χ0n) is 9.90. The molecule has 0 bridgehead atoms. The molecule has 1 aromatic carbocycles. The number of nitrogens with one attached hydrogen (secondary N) is 1. The summed E-state index contributed by atoms with van der Waals surface area (Å²) < 4.78 is 0. The summed E-state index contributed by atoms with van der Waals surface area (Å²) in [5.74, 6) is 0.385. The van der Waals surface area contributed by atoms with Gasteiger partial charge < -0.3 is 11.1 Å². The van der Waals surface area contributed by atoms with Crippen LogP contribution in [0.15, 0.2) is 41.4 Å². The highest BCUT2D eigenvalue weighted by atomic mass is 15.1. The molecule has 0 saturated heterocycles. The molecule has 0 spiro atoms. The molecule has 0 amide bonds.